The van der Waals surface area contributed by atoms with Gasteiger partial charge in [0.25, 0.3) is 5.91 Å². The van der Waals surface area contributed by atoms with Gasteiger partial charge in [-0.3, -0.25) is 14.4 Å². The summed E-state index contributed by atoms with van der Waals surface area (Å²) >= 11 is 5.77. The first-order chi connectivity index (χ1) is 12.0. The molecule has 0 fully saturated rings. The Kier molecular flexibility index (Phi) is 4.81. The topological polar surface area (TPSA) is 88.4 Å². The highest BCUT2D eigenvalue weighted by Gasteiger charge is 2.13. The normalized spacial score (nSPS) is 10.4. The van der Waals surface area contributed by atoms with Gasteiger partial charge in [-0.15, -0.1) is 0 Å². The molecule has 25 heavy (non-hydrogen) atoms. The van der Waals surface area contributed by atoms with Crippen molar-refractivity contribution in [2.75, 3.05) is 11.9 Å². The first-order valence-corrected chi connectivity index (χ1v) is 7.77. The number of hydrogen-bond acceptors (Lipinski definition) is 4. The van der Waals surface area contributed by atoms with E-state index in [1.54, 1.807) is 48.5 Å². The van der Waals surface area contributed by atoms with Crippen LogP contribution in [0, 0.1) is 0 Å². The van der Waals surface area contributed by atoms with Gasteiger partial charge in [-0.25, -0.2) is 0 Å². The van der Waals surface area contributed by atoms with Crippen molar-refractivity contribution in [2.24, 2.45) is 0 Å². The molecule has 1 heterocycles. The Bertz CT molecular complexity index is 996. The maximum atomic E-state index is 12.1. The van der Waals surface area contributed by atoms with Crippen molar-refractivity contribution in [2.45, 2.75) is 0 Å². The number of benzene rings is 2. The predicted octanol–water partition coefficient (Wildman–Crippen LogP) is 2.81. The van der Waals surface area contributed by atoms with Crippen LogP contribution in [-0.4, -0.2) is 18.4 Å². The van der Waals surface area contributed by atoms with Gasteiger partial charge < -0.3 is 15.1 Å². The van der Waals surface area contributed by atoms with Gasteiger partial charge in [-0.1, -0.05) is 23.7 Å². The van der Waals surface area contributed by atoms with Crippen molar-refractivity contribution in [1.29, 1.82) is 0 Å². The van der Waals surface area contributed by atoms with Crippen LogP contribution in [0.15, 0.2) is 63.8 Å². The molecule has 0 unspecified atom stereocenters. The van der Waals surface area contributed by atoms with Crippen LogP contribution in [0.25, 0.3) is 11.0 Å². The van der Waals surface area contributed by atoms with Crippen LogP contribution in [-0.2, 0) is 4.79 Å². The van der Waals surface area contributed by atoms with E-state index in [0.29, 0.717) is 21.7 Å². The van der Waals surface area contributed by atoms with Gasteiger partial charge in [0.2, 0.25) is 5.91 Å². The highest BCUT2D eigenvalue weighted by atomic mass is 35.5. The van der Waals surface area contributed by atoms with Gasteiger partial charge in [-0.05, 0) is 36.4 Å². The third kappa shape index (κ3) is 4.05. The van der Waals surface area contributed by atoms with Crippen molar-refractivity contribution in [3.8, 4) is 0 Å². The number of halogens is 1. The van der Waals surface area contributed by atoms with Crippen LogP contribution in [0.5, 0.6) is 0 Å². The third-order valence-electron chi connectivity index (χ3n) is 3.40. The van der Waals surface area contributed by atoms with E-state index in [9.17, 15) is 14.4 Å². The Balaban J connectivity index is 1.65. The van der Waals surface area contributed by atoms with Crippen molar-refractivity contribution in [1.82, 2.24) is 5.32 Å². The van der Waals surface area contributed by atoms with E-state index in [4.69, 9.17) is 16.0 Å². The molecule has 126 valence electrons. The fraction of sp³-hybridized carbons (Fsp3) is 0.0556. The molecule has 0 atom stereocenters. The number of nitrogens with one attached hydrogen (secondary N) is 2. The summed E-state index contributed by atoms with van der Waals surface area (Å²) in [6.07, 6.45) is 0. The Morgan fingerprint density at radius 3 is 2.52 bits per heavy atom. The number of carbonyl (C=O) groups excluding carboxylic acids is 2. The molecule has 2 amide bonds. The van der Waals surface area contributed by atoms with Crippen molar-refractivity contribution in [3.05, 3.63) is 75.6 Å². The average molecular weight is 357 g/mol. The molecule has 0 bridgehead atoms. The van der Waals surface area contributed by atoms with E-state index in [1.807, 2.05) is 0 Å². The molecule has 3 aromatic rings. The summed E-state index contributed by atoms with van der Waals surface area (Å²) < 4.78 is 5.41. The molecule has 6 nitrogen and oxygen atoms in total. The van der Waals surface area contributed by atoms with E-state index >= 15 is 0 Å². The second kappa shape index (κ2) is 7.19. The van der Waals surface area contributed by atoms with E-state index in [1.165, 1.54) is 0 Å². The monoisotopic (exact) mass is 356 g/mol. The number of fused-ring (bicyclic) bond motifs is 1. The number of hydrogen-bond donors (Lipinski definition) is 2. The molecule has 2 aromatic carbocycles. The molecule has 0 aliphatic rings. The standard InChI is InChI=1S/C18H13ClN2O4/c19-11-5-7-12(8-6-11)21-17(23)10-20-18(24)16-9-14(22)13-3-1-2-4-15(13)25-16/h1-9H,10H2,(H,20,24)(H,21,23). The summed E-state index contributed by atoms with van der Waals surface area (Å²) in [6.45, 7) is -0.266. The third-order valence-corrected chi connectivity index (χ3v) is 3.65. The van der Waals surface area contributed by atoms with Gasteiger partial charge in [-0.2, -0.15) is 0 Å². The molecule has 7 heteroatoms. The molecule has 0 saturated carbocycles. The van der Waals surface area contributed by atoms with Crippen LogP contribution in [0.1, 0.15) is 10.6 Å². The number of para-hydroxylation sites is 1. The second-order valence-corrected chi connectivity index (χ2v) is 5.65. The minimum Gasteiger partial charge on any atom is -0.451 e. The molecular weight excluding hydrogens is 344 g/mol. The molecule has 0 saturated heterocycles. The van der Waals surface area contributed by atoms with Crippen molar-refractivity contribution >= 4 is 40.1 Å². The zero-order chi connectivity index (χ0) is 17.8. The smallest absolute Gasteiger partial charge is 0.287 e. The fourth-order valence-electron chi connectivity index (χ4n) is 2.20. The van der Waals surface area contributed by atoms with E-state index < -0.39 is 11.8 Å². The zero-order valence-electron chi connectivity index (χ0n) is 12.9. The summed E-state index contributed by atoms with van der Waals surface area (Å²) in [5.74, 6) is -1.21. The highest BCUT2D eigenvalue weighted by Crippen LogP contribution is 2.13. The number of carbonyl (C=O) groups is 2. The van der Waals surface area contributed by atoms with Crippen molar-refractivity contribution in [3.63, 3.8) is 0 Å². The molecule has 0 aliphatic carbocycles. The minimum atomic E-state index is -0.644. The lowest BCUT2D eigenvalue weighted by Crippen LogP contribution is -2.33. The van der Waals surface area contributed by atoms with E-state index in [-0.39, 0.29) is 17.7 Å². The largest absolute Gasteiger partial charge is 0.451 e. The summed E-state index contributed by atoms with van der Waals surface area (Å²) in [5.41, 5.74) is 0.546. The van der Waals surface area contributed by atoms with Crippen LogP contribution < -0.4 is 16.1 Å². The van der Waals surface area contributed by atoms with Gasteiger partial charge >= 0.3 is 0 Å². The zero-order valence-corrected chi connectivity index (χ0v) is 13.7. The number of anilines is 1. The quantitative estimate of drug-likeness (QED) is 0.752. The maximum Gasteiger partial charge on any atom is 0.287 e. The van der Waals surface area contributed by atoms with Crippen LogP contribution in [0.4, 0.5) is 5.69 Å². The number of amides is 2. The lowest BCUT2D eigenvalue weighted by atomic mass is 10.2. The van der Waals surface area contributed by atoms with Gasteiger partial charge in [0, 0.05) is 16.8 Å². The van der Waals surface area contributed by atoms with Crippen LogP contribution in [0.3, 0.4) is 0 Å². The van der Waals surface area contributed by atoms with E-state index in [2.05, 4.69) is 10.6 Å². The molecule has 1 aromatic heterocycles. The molecule has 0 aliphatic heterocycles. The van der Waals surface area contributed by atoms with Gasteiger partial charge in [0.1, 0.15) is 5.58 Å². The molecule has 3 rings (SSSR count). The summed E-state index contributed by atoms with van der Waals surface area (Å²) in [7, 11) is 0. The van der Waals surface area contributed by atoms with E-state index in [0.717, 1.165) is 6.07 Å². The Morgan fingerprint density at radius 1 is 1.04 bits per heavy atom. The lowest BCUT2D eigenvalue weighted by Gasteiger charge is -2.07. The van der Waals surface area contributed by atoms with Gasteiger partial charge in [0.15, 0.2) is 11.2 Å². The average Bonchev–Trinajstić information content (AvgIpc) is 2.61. The first kappa shape index (κ1) is 16.7. The predicted molar refractivity (Wildman–Crippen MR) is 94.9 cm³/mol. The van der Waals surface area contributed by atoms with Crippen molar-refractivity contribution < 1.29 is 14.0 Å². The molecule has 2 N–H and O–H groups in total. The first-order valence-electron chi connectivity index (χ1n) is 7.39. The Labute approximate surface area is 147 Å². The highest BCUT2D eigenvalue weighted by molar-refractivity contribution is 6.30. The molecular formula is C18H13ClN2O4. The number of rotatable bonds is 4. The second-order valence-electron chi connectivity index (χ2n) is 5.21. The maximum absolute atomic E-state index is 12.1. The van der Waals surface area contributed by atoms with Crippen LogP contribution in [0.2, 0.25) is 5.02 Å². The Hall–Kier alpha value is -3.12. The van der Waals surface area contributed by atoms with Gasteiger partial charge in [0.05, 0.1) is 11.9 Å². The SMILES string of the molecule is O=C(CNC(=O)c1cc(=O)c2ccccc2o1)Nc1ccc(Cl)cc1. The summed E-state index contributed by atoms with van der Waals surface area (Å²) in [5, 5.41) is 5.97. The summed E-state index contributed by atoms with van der Waals surface area (Å²) in [6, 6.07) is 14.3. The molecule has 0 radical (unpaired) electrons. The fourth-order valence-corrected chi connectivity index (χ4v) is 2.33. The summed E-state index contributed by atoms with van der Waals surface area (Å²) in [4.78, 5) is 35.9. The van der Waals surface area contributed by atoms with Crippen LogP contribution >= 0.6 is 11.6 Å². The lowest BCUT2D eigenvalue weighted by molar-refractivity contribution is -0.115. The minimum absolute atomic E-state index is 0.150. The molecule has 0 spiro atoms. The Morgan fingerprint density at radius 2 is 1.76 bits per heavy atom.